The van der Waals surface area contributed by atoms with Gasteiger partial charge in [-0.05, 0) is 49.9 Å². The second-order valence-corrected chi connectivity index (χ2v) is 8.92. The summed E-state index contributed by atoms with van der Waals surface area (Å²) in [4.78, 5) is 30.8. The van der Waals surface area contributed by atoms with E-state index in [0.717, 1.165) is 31.6 Å². The average molecular weight is 395 g/mol. The monoisotopic (exact) mass is 394 g/mol. The second kappa shape index (κ2) is 8.39. The Morgan fingerprint density at radius 2 is 1.61 bits per heavy atom. The first-order valence-electron chi connectivity index (χ1n) is 10.0. The molecule has 0 aliphatic carbocycles. The fourth-order valence-corrected chi connectivity index (χ4v) is 5.27. The van der Waals surface area contributed by atoms with Gasteiger partial charge < -0.3 is 9.80 Å². The normalized spacial score (nSPS) is 20.6. The zero-order valence-corrected chi connectivity index (χ0v) is 17.0. The van der Waals surface area contributed by atoms with Crippen LogP contribution >= 0.6 is 11.8 Å². The topological polar surface area (TPSA) is 40.6 Å². The van der Waals surface area contributed by atoms with E-state index < -0.39 is 5.92 Å². The van der Waals surface area contributed by atoms with Gasteiger partial charge >= 0.3 is 0 Å². The molecule has 2 aliphatic rings. The highest BCUT2D eigenvalue weighted by atomic mass is 32.2. The van der Waals surface area contributed by atoms with E-state index in [0.29, 0.717) is 18.2 Å². The van der Waals surface area contributed by atoms with Crippen LogP contribution in [-0.4, -0.2) is 41.6 Å². The molecule has 0 bridgehead atoms. The molecular formula is C23H26N2O2S. The summed E-state index contributed by atoms with van der Waals surface area (Å²) in [6.45, 7) is 4.26. The molecule has 2 amide bonds. The van der Waals surface area contributed by atoms with E-state index in [2.05, 4.69) is 31.2 Å². The van der Waals surface area contributed by atoms with E-state index in [4.69, 9.17) is 0 Å². The lowest BCUT2D eigenvalue weighted by atomic mass is 10.0. The molecule has 2 fully saturated rings. The number of thioether (sulfide) groups is 1. The van der Waals surface area contributed by atoms with Crippen LogP contribution in [0.3, 0.4) is 0 Å². The number of amides is 2. The Balaban J connectivity index is 1.33. The lowest BCUT2D eigenvalue weighted by Crippen LogP contribution is -2.44. The average Bonchev–Trinajstić information content (AvgIpc) is 3.12. The number of hydrogen-bond acceptors (Lipinski definition) is 3. The van der Waals surface area contributed by atoms with Crippen molar-refractivity contribution < 1.29 is 9.59 Å². The van der Waals surface area contributed by atoms with Crippen molar-refractivity contribution in [1.82, 2.24) is 4.90 Å². The quantitative estimate of drug-likeness (QED) is 0.732. The third-order valence-corrected chi connectivity index (χ3v) is 7.23. The molecule has 0 aromatic heterocycles. The Morgan fingerprint density at radius 1 is 0.929 bits per heavy atom. The molecule has 1 atom stereocenters. The SMILES string of the molecule is Cc1ccccc1SC1CCN(C(=O)C2CCN(c3ccccc3)C2=O)CC1. The molecule has 2 aromatic carbocycles. The number of nitrogens with zero attached hydrogens (tertiary/aromatic N) is 2. The molecule has 2 aliphatic heterocycles. The molecule has 5 heteroatoms. The van der Waals surface area contributed by atoms with Crippen LogP contribution in [0.25, 0.3) is 0 Å². The number of anilines is 1. The largest absolute Gasteiger partial charge is 0.342 e. The Hall–Kier alpha value is -2.27. The second-order valence-electron chi connectivity index (χ2n) is 7.57. The maximum absolute atomic E-state index is 13.0. The first-order chi connectivity index (χ1) is 13.6. The summed E-state index contributed by atoms with van der Waals surface area (Å²) in [5.41, 5.74) is 2.19. The summed E-state index contributed by atoms with van der Waals surface area (Å²) in [5.74, 6) is -0.545. The van der Waals surface area contributed by atoms with Crippen molar-refractivity contribution in [2.75, 3.05) is 24.5 Å². The van der Waals surface area contributed by atoms with Gasteiger partial charge in [0.15, 0.2) is 0 Å². The smallest absolute Gasteiger partial charge is 0.239 e. The summed E-state index contributed by atoms with van der Waals surface area (Å²) < 4.78 is 0. The first kappa shape index (κ1) is 19.1. The summed E-state index contributed by atoms with van der Waals surface area (Å²) >= 11 is 1.92. The van der Waals surface area contributed by atoms with Crippen molar-refractivity contribution in [1.29, 1.82) is 0 Å². The number of hydrogen-bond donors (Lipinski definition) is 0. The van der Waals surface area contributed by atoms with Crippen molar-refractivity contribution in [3.63, 3.8) is 0 Å². The van der Waals surface area contributed by atoms with Gasteiger partial charge in [-0.25, -0.2) is 0 Å². The predicted octanol–water partition coefficient (Wildman–Crippen LogP) is 4.13. The zero-order chi connectivity index (χ0) is 19.5. The molecule has 0 saturated carbocycles. The molecule has 2 saturated heterocycles. The summed E-state index contributed by atoms with van der Waals surface area (Å²) in [6.07, 6.45) is 2.58. The van der Waals surface area contributed by atoms with Crippen LogP contribution in [0.1, 0.15) is 24.8 Å². The van der Waals surface area contributed by atoms with Gasteiger partial charge in [0.1, 0.15) is 5.92 Å². The maximum Gasteiger partial charge on any atom is 0.239 e. The standard InChI is InChI=1S/C23H26N2O2S/c1-17-7-5-6-10-21(17)28-19-11-14-24(15-12-19)22(26)20-13-16-25(23(20)27)18-8-3-2-4-9-18/h2-10,19-20H,11-16H2,1H3. The molecule has 4 rings (SSSR count). The van der Waals surface area contributed by atoms with Crippen LogP contribution in [0.5, 0.6) is 0 Å². The third-order valence-electron chi connectivity index (χ3n) is 5.71. The van der Waals surface area contributed by atoms with Crippen LogP contribution < -0.4 is 4.90 Å². The van der Waals surface area contributed by atoms with E-state index in [1.54, 1.807) is 4.90 Å². The Kier molecular flexibility index (Phi) is 5.72. The third kappa shape index (κ3) is 3.95. The van der Waals surface area contributed by atoms with Gasteiger partial charge in [0.25, 0.3) is 0 Å². The molecule has 4 nitrogen and oxygen atoms in total. The highest BCUT2D eigenvalue weighted by Gasteiger charge is 2.40. The van der Waals surface area contributed by atoms with Gasteiger partial charge in [-0.15, -0.1) is 11.8 Å². The molecule has 0 spiro atoms. The Bertz CT molecular complexity index is 847. The van der Waals surface area contributed by atoms with E-state index >= 15 is 0 Å². The molecule has 146 valence electrons. The van der Waals surface area contributed by atoms with Gasteiger partial charge in [0, 0.05) is 35.5 Å². The number of carbonyl (C=O) groups is 2. The molecule has 0 N–H and O–H groups in total. The van der Waals surface area contributed by atoms with E-state index in [-0.39, 0.29) is 11.8 Å². The molecular weight excluding hydrogens is 368 g/mol. The molecule has 0 radical (unpaired) electrons. The fourth-order valence-electron chi connectivity index (χ4n) is 4.06. The van der Waals surface area contributed by atoms with Crippen LogP contribution in [-0.2, 0) is 9.59 Å². The number of benzene rings is 2. The van der Waals surface area contributed by atoms with Crippen molar-refractivity contribution in [3.05, 3.63) is 60.2 Å². The zero-order valence-electron chi connectivity index (χ0n) is 16.2. The minimum absolute atomic E-state index is 0.0165. The van der Waals surface area contributed by atoms with Gasteiger partial charge in [-0.1, -0.05) is 36.4 Å². The van der Waals surface area contributed by atoms with E-state index in [1.807, 2.05) is 47.0 Å². The lowest BCUT2D eigenvalue weighted by molar-refractivity contribution is -0.140. The predicted molar refractivity (Wildman–Crippen MR) is 114 cm³/mol. The number of carbonyl (C=O) groups excluding carboxylic acids is 2. The van der Waals surface area contributed by atoms with Crippen LogP contribution in [0.4, 0.5) is 5.69 Å². The first-order valence-corrected chi connectivity index (χ1v) is 10.9. The van der Waals surface area contributed by atoms with Crippen molar-refractivity contribution in [3.8, 4) is 0 Å². The molecule has 1 unspecified atom stereocenters. The minimum atomic E-state index is -0.513. The van der Waals surface area contributed by atoms with Gasteiger partial charge in [-0.2, -0.15) is 0 Å². The summed E-state index contributed by atoms with van der Waals surface area (Å²) in [7, 11) is 0. The summed E-state index contributed by atoms with van der Waals surface area (Å²) in [5, 5.41) is 0.533. The van der Waals surface area contributed by atoms with E-state index in [1.165, 1.54) is 10.5 Å². The van der Waals surface area contributed by atoms with Crippen LogP contribution in [0.15, 0.2) is 59.5 Å². The molecule has 2 heterocycles. The Morgan fingerprint density at radius 3 is 2.32 bits per heavy atom. The highest BCUT2D eigenvalue weighted by Crippen LogP contribution is 2.33. The van der Waals surface area contributed by atoms with Crippen LogP contribution in [0.2, 0.25) is 0 Å². The molecule has 28 heavy (non-hydrogen) atoms. The number of likely N-dealkylation sites (tertiary alicyclic amines) is 1. The highest BCUT2D eigenvalue weighted by molar-refractivity contribution is 8.00. The fraction of sp³-hybridized carbons (Fsp3) is 0.391. The van der Waals surface area contributed by atoms with Crippen molar-refractivity contribution in [2.24, 2.45) is 5.92 Å². The maximum atomic E-state index is 13.0. The minimum Gasteiger partial charge on any atom is -0.342 e. The number of rotatable bonds is 4. The van der Waals surface area contributed by atoms with Crippen LogP contribution in [0, 0.1) is 12.8 Å². The number of aryl methyl sites for hydroxylation is 1. The lowest BCUT2D eigenvalue weighted by Gasteiger charge is -2.33. The van der Waals surface area contributed by atoms with Gasteiger partial charge in [0.2, 0.25) is 11.8 Å². The van der Waals surface area contributed by atoms with Crippen molar-refractivity contribution >= 4 is 29.3 Å². The number of piperidine rings is 1. The van der Waals surface area contributed by atoms with Gasteiger partial charge in [-0.3, -0.25) is 9.59 Å². The van der Waals surface area contributed by atoms with Gasteiger partial charge in [0.05, 0.1) is 0 Å². The Labute approximate surface area is 170 Å². The summed E-state index contributed by atoms with van der Waals surface area (Å²) in [6, 6.07) is 18.1. The van der Waals surface area contributed by atoms with Crippen molar-refractivity contribution in [2.45, 2.75) is 36.3 Å². The molecule has 2 aromatic rings. The number of para-hydroxylation sites is 1. The van der Waals surface area contributed by atoms with E-state index in [9.17, 15) is 9.59 Å².